The van der Waals surface area contributed by atoms with E-state index in [0.717, 1.165) is 38.8 Å². The highest BCUT2D eigenvalue weighted by atomic mass is 32.1. The van der Waals surface area contributed by atoms with Crippen LogP contribution in [0.2, 0.25) is 0 Å². The minimum atomic E-state index is -4.95. The van der Waals surface area contributed by atoms with Crippen LogP contribution >= 0.6 is 11.3 Å². The molecule has 1 aromatic carbocycles. The van der Waals surface area contributed by atoms with Gasteiger partial charge in [-0.25, -0.2) is 4.98 Å². The molecule has 2 aliphatic rings. The van der Waals surface area contributed by atoms with E-state index in [1.165, 1.54) is 11.3 Å². The fraction of sp³-hybridized carbons (Fsp3) is 0.565. The van der Waals surface area contributed by atoms with Crippen molar-refractivity contribution >= 4 is 22.4 Å². The molecule has 2 fully saturated rings. The average molecular weight is 521 g/mol. The maximum atomic E-state index is 13.5. The molecule has 2 heterocycles. The summed E-state index contributed by atoms with van der Waals surface area (Å²) in [4.78, 5) is 20.2. The standard InChI is InChI=1S/C23H26F6N4OS/c24-22(25,26)15-8-14(9-16(10-15)23(27,28)29)12-31-19(34)21(18-13-35-20(30)32-18)5-4-17(11-21)33-6-2-1-3-7-33/h8-10,13,17H,1-7,11-12H2,(H2,30,32)(H,31,34). The Labute approximate surface area is 202 Å². The molecule has 1 aromatic heterocycles. The summed E-state index contributed by atoms with van der Waals surface area (Å²) in [5.41, 5.74) is 2.17. The second-order valence-electron chi connectivity index (χ2n) is 9.24. The lowest BCUT2D eigenvalue weighted by Crippen LogP contribution is -2.45. The summed E-state index contributed by atoms with van der Waals surface area (Å²) in [7, 11) is 0. The molecule has 5 nitrogen and oxygen atoms in total. The lowest BCUT2D eigenvalue weighted by Gasteiger charge is -2.34. The highest BCUT2D eigenvalue weighted by Gasteiger charge is 2.49. The number of likely N-dealkylation sites (tertiary alicyclic amines) is 1. The number of hydrogen-bond acceptors (Lipinski definition) is 5. The predicted octanol–water partition coefficient (Wildman–Crippen LogP) is 5.36. The van der Waals surface area contributed by atoms with E-state index in [1.807, 2.05) is 0 Å². The van der Waals surface area contributed by atoms with Gasteiger partial charge in [-0.2, -0.15) is 26.3 Å². The molecule has 0 spiro atoms. The van der Waals surface area contributed by atoms with Crippen molar-refractivity contribution in [1.82, 2.24) is 15.2 Å². The van der Waals surface area contributed by atoms with Gasteiger partial charge in [-0.15, -0.1) is 11.3 Å². The molecular formula is C23H26F6N4OS. The van der Waals surface area contributed by atoms with E-state index >= 15 is 0 Å². The quantitative estimate of drug-likeness (QED) is 0.521. The maximum absolute atomic E-state index is 13.5. The van der Waals surface area contributed by atoms with Crippen LogP contribution in [0.5, 0.6) is 0 Å². The van der Waals surface area contributed by atoms with Crippen molar-refractivity contribution in [2.75, 3.05) is 18.8 Å². The van der Waals surface area contributed by atoms with Gasteiger partial charge in [0, 0.05) is 18.0 Å². The molecule has 12 heteroatoms. The SMILES string of the molecule is Nc1nc(C2(C(=O)NCc3cc(C(F)(F)F)cc(C(F)(F)F)c3)CCC(N3CCCCC3)C2)cs1. The topological polar surface area (TPSA) is 71.2 Å². The van der Waals surface area contributed by atoms with E-state index < -0.39 is 41.3 Å². The summed E-state index contributed by atoms with van der Waals surface area (Å²) in [6, 6.07) is 1.49. The van der Waals surface area contributed by atoms with Gasteiger partial charge in [-0.3, -0.25) is 4.79 Å². The molecule has 1 aliphatic heterocycles. The molecule has 0 radical (unpaired) electrons. The molecule has 2 aromatic rings. The van der Waals surface area contributed by atoms with Crippen LogP contribution < -0.4 is 11.1 Å². The van der Waals surface area contributed by atoms with E-state index in [9.17, 15) is 31.1 Å². The number of alkyl halides is 6. The van der Waals surface area contributed by atoms with Crippen molar-refractivity contribution in [3.05, 3.63) is 46.0 Å². The number of carbonyl (C=O) groups is 1. The molecule has 0 bridgehead atoms. The number of amides is 1. The van der Waals surface area contributed by atoms with Crippen LogP contribution in [0.4, 0.5) is 31.5 Å². The summed E-state index contributed by atoms with van der Waals surface area (Å²) < 4.78 is 79.2. The number of anilines is 1. The third-order valence-electron chi connectivity index (χ3n) is 6.94. The Hall–Kier alpha value is -2.34. The zero-order chi connectivity index (χ0) is 25.4. The third kappa shape index (κ3) is 5.58. The second kappa shape index (κ2) is 9.61. The summed E-state index contributed by atoms with van der Waals surface area (Å²) >= 11 is 1.19. The van der Waals surface area contributed by atoms with Crippen LogP contribution in [-0.2, 0) is 29.1 Å². The monoisotopic (exact) mass is 520 g/mol. The Balaban J connectivity index is 1.58. The van der Waals surface area contributed by atoms with Crippen LogP contribution in [0.1, 0.15) is 60.9 Å². The normalized spacial score (nSPS) is 24.0. The van der Waals surface area contributed by atoms with Gasteiger partial charge in [0.25, 0.3) is 0 Å². The first-order valence-electron chi connectivity index (χ1n) is 11.4. The first kappa shape index (κ1) is 25.7. The van der Waals surface area contributed by atoms with E-state index in [2.05, 4.69) is 15.2 Å². The molecule has 2 atom stereocenters. The number of nitrogens with zero attached hydrogens (tertiary/aromatic N) is 2. The molecule has 1 saturated carbocycles. The summed E-state index contributed by atoms with van der Waals surface area (Å²) in [5.74, 6) is -0.465. The lowest BCUT2D eigenvalue weighted by molar-refractivity contribution is -0.143. The van der Waals surface area contributed by atoms with E-state index in [0.29, 0.717) is 35.8 Å². The van der Waals surface area contributed by atoms with Crippen LogP contribution in [0.25, 0.3) is 0 Å². The molecule has 192 valence electrons. The van der Waals surface area contributed by atoms with Crippen molar-refractivity contribution in [3.8, 4) is 0 Å². The zero-order valence-corrected chi connectivity index (χ0v) is 19.6. The second-order valence-corrected chi connectivity index (χ2v) is 10.1. The Morgan fingerprint density at radius 2 is 1.71 bits per heavy atom. The minimum Gasteiger partial charge on any atom is -0.375 e. The van der Waals surface area contributed by atoms with Gasteiger partial charge in [-0.05, 0) is 69.0 Å². The summed E-state index contributed by atoms with van der Waals surface area (Å²) in [5, 5.41) is 4.60. The maximum Gasteiger partial charge on any atom is 0.416 e. The first-order chi connectivity index (χ1) is 16.4. The van der Waals surface area contributed by atoms with E-state index in [1.54, 1.807) is 5.38 Å². The number of aromatic nitrogens is 1. The Kier molecular flexibility index (Phi) is 7.07. The number of nitrogens with one attached hydrogen (secondary N) is 1. The number of hydrogen-bond donors (Lipinski definition) is 2. The van der Waals surface area contributed by atoms with Crippen molar-refractivity contribution in [2.24, 2.45) is 0 Å². The van der Waals surface area contributed by atoms with Crippen LogP contribution in [0, 0.1) is 0 Å². The van der Waals surface area contributed by atoms with Gasteiger partial charge in [-0.1, -0.05) is 6.42 Å². The van der Waals surface area contributed by atoms with Gasteiger partial charge in [0.05, 0.1) is 22.2 Å². The van der Waals surface area contributed by atoms with Gasteiger partial charge in [0.1, 0.15) is 0 Å². The van der Waals surface area contributed by atoms with Crippen molar-refractivity contribution in [1.29, 1.82) is 0 Å². The molecule has 1 amide bonds. The smallest absolute Gasteiger partial charge is 0.375 e. The largest absolute Gasteiger partial charge is 0.416 e. The van der Waals surface area contributed by atoms with Crippen molar-refractivity contribution in [3.63, 3.8) is 0 Å². The number of carbonyl (C=O) groups excluding carboxylic acids is 1. The Bertz CT molecular complexity index is 1030. The first-order valence-corrected chi connectivity index (χ1v) is 12.3. The molecule has 3 N–H and O–H groups in total. The highest BCUT2D eigenvalue weighted by Crippen LogP contribution is 2.44. The average Bonchev–Trinajstić information content (AvgIpc) is 3.44. The fourth-order valence-corrected chi connectivity index (χ4v) is 5.81. The molecule has 1 aliphatic carbocycles. The number of nitrogens with two attached hydrogens (primary N) is 1. The van der Waals surface area contributed by atoms with E-state index in [4.69, 9.17) is 5.73 Å². The number of rotatable bonds is 5. The zero-order valence-electron chi connectivity index (χ0n) is 18.8. The molecule has 1 saturated heterocycles. The predicted molar refractivity (Wildman–Crippen MR) is 120 cm³/mol. The van der Waals surface area contributed by atoms with E-state index in [-0.39, 0.29) is 17.7 Å². The third-order valence-corrected chi connectivity index (χ3v) is 7.62. The van der Waals surface area contributed by atoms with Crippen molar-refractivity contribution < 1.29 is 31.1 Å². The number of halogens is 6. The summed E-state index contributed by atoms with van der Waals surface area (Å²) in [6.45, 7) is 1.40. The van der Waals surface area contributed by atoms with Gasteiger partial charge in [0.15, 0.2) is 5.13 Å². The fourth-order valence-electron chi connectivity index (χ4n) is 5.15. The van der Waals surface area contributed by atoms with Crippen LogP contribution in [0.3, 0.4) is 0 Å². The van der Waals surface area contributed by atoms with Gasteiger partial charge < -0.3 is 16.0 Å². The van der Waals surface area contributed by atoms with Gasteiger partial charge in [0.2, 0.25) is 5.91 Å². The molecular weight excluding hydrogens is 494 g/mol. The molecule has 4 rings (SSSR count). The molecule has 35 heavy (non-hydrogen) atoms. The number of piperidine rings is 1. The number of benzene rings is 1. The molecule has 2 unspecified atom stereocenters. The Morgan fingerprint density at radius 3 is 2.26 bits per heavy atom. The van der Waals surface area contributed by atoms with Crippen LogP contribution in [0.15, 0.2) is 23.6 Å². The summed E-state index contributed by atoms with van der Waals surface area (Å²) in [6.07, 6.45) is -4.90. The number of nitrogen functional groups attached to an aromatic ring is 1. The minimum absolute atomic E-state index is 0.0745. The Morgan fingerprint density at radius 1 is 1.09 bits per heavy atom. The number of thiazole rings is 1. The van der Waals surface area contributed by atoms with Crippen molar-refractivity contribution in [2.45, 2.75) is 68.9 Å². The van der Waals surface area contributed by atoms with Gasteiger partial charge >= 0.3 is 12.4 Å². The highest BCUT2D eigenvalue weighted by molar-refractivity contribution is 7.13. The van der Waals surface area contributed by atoms with Crippen LogP contribution in [-0.4, -0.2) is 34.9 Å². The lowest BCUT2D eigenvalue weighted by atomic mass is 9.81.